The number of hydrogen-bond acceptors (Lipinski definition) is 1. The van der Waals surface area contributed by atoms with E-state index in [1.165, 1.54) is 22.1 Å². The summed E-state index contributed by atoms with van der Waals surface area (Å²) >= 11 is 8.18. The highest BCUT2D eigenvalue weighted by Crippen LogP contribution is 2.23. The molecule has 1 nitrogen and oxygen atoms in total. The Morgan fingerprint density at radius 2 is 2.21 bits per heavy atom. The molecule has 0 radical (unpaired) electrons. The highest BCUT2D eigenvalue weighted by molar-refractivity contribution is 14.1. The van der Waals surface area contributed by atoms with Gasteiger partial charge in [0, 0.05) is 20.3 Å². The number of nitrogens with one attached hydrogen (secondary N) is 1. The Bertz CT molecular complexity index is 301. The van der Waals surface area contributed by atoms with Gasteiger partial charge in [0.15, 0.2) is 0 Å². The van der Waals surface area contributed by atoms with Gasteiger partial charge in [0.2, 0.25) is 0 Å². The van der Waals surface area contributed by atoms with Crippen molar-refractivity contribution in [3.63, 3.8) is 0 Å². The van der Waals surface area contributed by atoms with Crippen LogP contribution in [0, 0.1) is 3.57 Å². The minimum absolute atomic E-state index is 0.523. The third kappa shape index (κ3) is 3.65. The van der Waals surface area contributed by atoms with E-state index in [9.17, 15) is 0 Å². The molecule has 0 bridgehead atoms. The Labute approximate surface area is 104 Å². The molecule has 0 heterocycles. The summed E-state index contributed by atoms with van der Waals surface area (Å²) in [5.41, 5.74) is 1.18. The molecule has 0 aliphatic carbocycles. The van der Waals surface area contributed by atoms with Crippen molar-refractivity contribution in [3.05, 3.63) is 26.8 Å². The van der Waals surface area contributed by atoms with Crippen LogP contribution in [0.5, 0.6) is 0 Å². The van der Waals surface area contributed by atoms with Crippen molar-refractivity contribution in [1.82, 2.24) is 0 Å². The molecule has 0 saturated carbocycles. The highest BCUT2D eigenvalue weighted by Gasteiger charge is 2.04. The second-order valence-electron chi connectivity index (χ2n) is 3.46. The second kappa shape index (κ2) is 5.81. The van der Waals surface area contributed by atoms with E-state index in [4.69, 9.17) is 11.6 Å². The Hall–Kier alpha value is 0.0400. The van der Waals surface area contributed by atoms with E-state index in [2.05, 4.69) is 41.8 Å². The van der Waals surface area contributed by atoms with Crippen LogP contribution >= 0.6 is 34.2 Å². The standard InChI is InChI=1S/C11H15ClIN/c1-3-4-8(2)14-11-6-5-9(12)7-10(11)13/h5-8,14H,3-4H2,1-2H3. The van der Waals surface area contributed by atoms with E-state index in [-0.39, 0.29) is 0 Å². The van der Waals surface area contributed by atoms with Crippen LogP contribution in [-0.2, 0) is 0 Å². The van der Waals surface area contributed by atoms with Crippen LogP contribution in [-0.4, -0.2) is 6.04 Å². The predicted molar refractivity (Wildman–Crippen MR) is 72.2 cm³/mol. The number of hydrogen-bond donors (Lipinski definition) is 1. The SMILES string of the molecule is CCCC(C)Nc1ccc(Cl)cc1I. The van der Waals surface area contributed by atoms with Gasteiger partial charge < -0.3 is 5.32 Å². The molecule has 1 rings (SSSR count). The number of rotatable bonds is 4. The molecule has 0 fully saturated rings. The lowest BCUT2D eigenvalue weighted by Gasteiger charge is -2.15. The van der Waals surface area contributed by atoms with E-state index < -0.39 is 0 Å². The third-order valence-corrected chi connectivity index (χ3v) is 3.18. The molecule has 14 heavy (non-hydrogen) atoms. The summed E-state index contributed by atoms with van der Waals surface area (Å²) in [5, 5.41) is 4.27. The molecule has 0 aromatic heterocycles. The fourth-order valence-corrected chi connectivity index (χ4v) is 2.40. The first-order valence-corrected chi connectivity index (χ1v) is 6.30. The zero-order valence-electron chi connectivity index (χ0n) is 8.48. The van der Waals surface area contributed by atoms with Gasteiger partial charge in [-0.05, 0) is 54.1 Å². The summed E-state index contributed by atoms with van der Waals surface area (Å²) in [4.78, 5) is 0. The highest BCUT2D eigenvalue weighted by atomic mass is 127. The van der Waals surface area contributed by atoms with Crippen LogP contribution in [0.2, 0.25) is 5.02 Å². The van der Waals surface area contributed by atoms with Crippen LogP contribution in [0.4, 0.5) is 5.69 Å². The summed E-state index contributed by atoms with van der Waals surface area (Å²) in [5.74, 6) is 0. The monoisotopic (exact) mass is 323 g/mol. The number of anilines is 1. The molecule has 0 amide bonds. The second-order valence-corrected chi connectivity index (χ2v) is 5.06. The van der Waals surface area contributed by atoms with Crippen molar-refractivity contribution >= 4 is 39.9 Å². The van der Waals surface area contributed by atoms with Gasteiger partial charge >= 0.3 is 0 Å². The molecule has 1 N–H and O–H groups in total. The van der Waals surface area contributed by atoms with E-state index in [1.54, 1.807) is 0 Å². The minimum atomic E-state index is 0.523. The maximum absolute atomic E-state index is 5.88. The summed E-state index contributed by atoms with van der Waals surface area (Å²) in [6, 6.07) is 6.46. The van der Waals surface area contributed by atoms with Crippen molar-refractivity contribution in [2.45, 2.75) is 32.7 Å². The van der Waals surface area contributed by atoms with Crippen molar-refractivity contribution in [2.75, 3.05) is 5.32 Å². The number of benzene rings is 1. The molecule has 1 aromatic carbocycles. The normalized spacial score (nSPS) is 12.6. The summed E-state index contributed by atoms with van der Waals surface area (Å²) in [6.07, 6.45) is 2.40. The Kier molecular flexibility index (Phi) is 5.02. The van der Waals surface area contributed by atoms with Crippen molar-refractivity contribution in [3.8, 4) is 0 Å². The first-order chi connectivity index (χ1) is 6.63. The van der Waals surface area contributed by atoms with Gasteiger partial charge in [-0.1, -0.05) is 24.9 Å². The molecular weight excluding hydrogens is 308 g/mol. The molecule has 0 saturated heterocycles. The van der Waals surface area contributed by atoms with Crippen molar-refractivity contribution < 1.29 is 0 Å². The molecule has 0 aliphatic heterocycles. The Morgan fingerprint density at radius 1 is 1.50 bits per heavy atom. The maximum Gasteiger partial charge on any atom is 0.0478 e. The number of halogens is 2. The van der Waals surface area contributed by atoms with Crippen LogP contribution in [0.3, 0.4) is 0 Å². The molecule has 0 spiro atoms. The van der Waals surface area contributed by atoms with Crippen LogP contribution in [0.15, 0.2) is 18.2 Å². The first-order valence-electron chi connectivity index (χ1n) is 4.85. The summed E-state index contributed by atoms with van der Waals surface area (Å²) in [6.45, 7) is 4.40. The quantitative estimate of drug-likeness (QED) is 0.802. The van der Waals surface area contributed by atoms with Crippen LogP contribution < -0.4 is 5.32 Å². The summed E-state index contributed by atoms with van der Waals surface area (Å²) < 4.78 is 1.18. The third-order valence-electron chi connectivity index (χ3n) is 2.05. The molecule has 3 heteroatoms. The molecule has 0 aliphatic rings. The average molecular weight is 324 g/mol. The smallest absolute Gasteiger partial charge is 0.0478 e. The minimum Gasteiger partial charge on any atom is -0.382 e. The zero-order chi connectivity index (χ0) is 10.6. The van der Waals surface area contributed by atoms with Crippen LogP contribution in [0.1, 0.15) is 26.7 Å². The first kappa shape index (κ1) is 12.1. The lowest BCUT2D eigenvalue weighted by atomic mass is 10.2. The van der Waals surface area contributed by atoms with E-state index in [1.807, 2.05) is 18.2 Å². The average Bonchev–Trinajstić information content (AvgIpc) is 2.10. The fourth-order valence-electron chi connectivity index (χ4n) is 1.38. The molecule has 1 aromatic rings. The maximum atomic E-state index is 5.88. The zero-order valence-corrected chi connectivity index (χ0v) is 11.4. The predicted octanol–water partition coefficient (Wildman–Crippen LogP) is 4.55. The van der Waals surface area contributed by atoms with Gasteiger partial charge in [0.1, 0.15) is 0 Å². The Morgan fingerprint density at radius 3 is 2.79 bits per heavy atom. The van der Waals surface area contributed by atoms with Gasteiger partial charge in [-0.15, -0.1) is 0 Å². The van der Waals surface area contributed by atoms with E-state index in [0.717, 1.165) is 5.02 Å². The van der Waals surface area contributed by atoms with E-state index in [0.29, 0.717) is 6.04 Å². The molecule has 1 atom stereocenters. The lowest BCUT2D eigenvalue weighted by Crippen LogP contribution is -2.15. The van der Waals surface area contributed by atoms with Gasteiger partial charge in [0.25, 0.3) is 0 Å². The Balaban J connectivity index is 2.67. The summed E-state index contributed by atoms with van der Waals surface area (Å²) in [7, 11) is 0. The van der Waals surface area contributed by atoms with Gasteiger partial charge in [0.05, 0.1) is 0 Å². The van der Waals surface area contributed by atoms with Crippen molar-refractivity contribution in [2.24, 2.45) is 0 Å². The topological polar surface area (TPSA) is 12.0 Å². The fraction of sp³-hybridized carbons (Fsp3) is 0.455. The molecular formula is C11H15ClIN. The molecule has 78 valence electrons. The van der Waals surface area contributed by atoms with Gasteiger partial charge in [-0.25, -0.2) is 0 Å². The van der Waals surface area contributed by atoms with Crippen LogP contribution in [0.25, 0.3) is 0 Å². The lowest BCUT2D eigenvalue weighted by molar-refractivity contribution is 0.690. The van der Waals surface area contributed by atoms with Gasteiger partial charge in [-0.3, -0.25) is 0 Å². The van der Waals surface area contributed by atoms with E-state index >= 15 is 0 Å². The van der Waals surface area contributed by atoms with Gasteiger partial charge in [-0.2, -0.15) is 0 Å². The largest absolute Gasteiger partial charge is 0.382 e. The molecule has 1 unspecified atom stereocenters. The van der Waals surface area contributed by atoms with Crippen molar-refractivity contribution in [1.29, 1.82) is 0 Å².